The molecule has 2 aromatic rings. The molecule has 1 saturated heterocycles. The normalized spacial score (nSPS) is 29.1. The van der Waals surface area contributed by atoms with Crippen molar-refractivity contribution in [3.8, 4) is 0 Å². The van der Waals surface area contributed by atoms with Crippen molar-refractivity contribution in [1.82, 2.24) is 14.4 Å². The second-order valence-corrected chi connectivity index (χ2v) is 9.75. The van der Waals surface area contributed by atoms with Crippen LogP contribution in [-0.4, -0.2) is 46.0 Å². The molecular weight excluding hydrogens is 370 g/mol. The van der Waals surface area contributed by atoms with Crippen LogP contribution in [0.4, 0.5) is 0 Å². The smallest absolute Gasteiger partial charge is 0.322 e. The average molecular weight is 391 g/mol. The van der Waals surface area contributed by atoms with Gasteiger partial charge >= 0.3 is 5.97 Å². The first-order chi connectivity index (χ1) is 13.0. The molecule has 27 heavy (non-hydrogen) atoms. The van der Waals surface area contributed by atoms with E-state index in [1.165, 1.54) is 10.5 Å². The zero-order valence-electron chi connectivity index (χ0n) is 14.7. The summed E-state index contributed by atoms with van der Waals surface area (Å²) in [5.41, 5.74) is 1.07. The lowest BCUT2D eigenvalue weighted by molar-refractivity contribution is -0.141. The molecule has 0 amide bonds. The Kier molecular flexibility index (Phi) is 3.80. The van der Waals surface area contributed by atoms with Crippen molar-refractivity contribution < 1.29 is 22.8 Å². The van der Waals surface area contributed by atoms with E-state index in [0.717, 1.165) is 37.8 Å². The molecule has 2 aliphatic carbocycles. The van der Waals surface area contributed by atoms with Crippen LogP contribution in [0.1, 0.15) is 56.6 Å². The summed E-state index contributed by atoms with van der Waals surface area (Å²) in [6.45, 7) is 0. The van der Waals surface area contributed by atoms with Gasteiger partial charge < -0.3 is 9.63 Å². The first-order valence-electron chi connectivity index (χ1n) is 9.48. The molecule has 0 aromatic carbocycles. The molecule has 3 fully saturated rings. The molecular formula is C18H21N3O5S. The number of fused-ring (bicyclic) bond motifs is 2. The Bertz CT molecular complexity index is 1010. The fourth-order valence-corrected chi connectivity index (χ4v) is 6.56. The number of aliphatic carboxylic acids is 1. The van der Waals surface area contributed by atoms with Crippen molar-refractivity contribution in [3.63, 3.8) is 0 Å². The number of sulfonamides is 1. The summed E-state index contributed by atoms with van der Waals surface area (Å²) in [6.07, 6.45) is 7.21. The number of aromatic nitrogens is 2. The zero-order chi connectivity index (χ0) is 18.8. The van der Waals surface area contributed by atoms with Crippen LogP contribution >= 0.6 is 0 Å². The van der Waals surface area contributed by atoms with E-state index in [4.69, 9.17) is 4.52 Å². The molecule has 1 aliphatic heterocycles. The topological polar surface area (TPSA) is 114 Å². The van der Waals surface area contributed by atoms with Crippen LogP contribution in [-0.2, 0) is 14.8 Å². The van der Waals surface area contributed by atoms with Gasteiger partial charge in [-0.1, -0.05) is 18.0 Å². The van der Waals surface area contributed by atoms with Crippen molar-refractivity contribution >= 4 is 27.1 Å². The number of nitrogens with zero attached hydrogens (tertiary/aromatic N) is 3. The summed E-state index contributed by atoms with van der Waals surface area (Å²) in [5, 5.41) is 14.3. The van der Waals surface area contributed by atoms with Gasteiger partial charge in [0.15, 0.2) is 0 Å². The summed E-state index contributed by atoms with van der Waals surface area (Å²) in [5.74, 6) is -0.665. The summed E-state index contributed by atoms with van der Waals surface area (Å²) < 4.78 is 33.3. The van der Waals surface area contributed by atoms with E-state index in [-0.39, 0.29) is 16.9 Å². The molecule has 2 aromatic heterocycles. The number of carbonyl (C=O) groups is 1. The lowest BCUT2D eigenvalue weighted by atomic mass is 9.85. The highest BCUT2D eigenvalue weighted by Gasteiger charge is 2.51. The van der Waals surface area contributed by atoms with Crippen molar-refractivity contribution in [2.24, 2.45) is 5.92 Å². The van der Waals surface area contributed by atoms with E-state index >= 15 is 0 Å². The molecule has 5 rings (SSSR count). The minimum Gasteiger partial charge on any atom is -0.480 e. The van der Waals surface area contributed by atoms with E-state index < -0.39 is 22.0 Å². The monoisotopic (exact) mass is 391 g/mol. The van der Waals surface area contributed by atoms with Crippen LogP contribution in [0.25, 0.3) is 11.1 Å². The Balaban J connectivity index is 1.59. The summed E-state index contributed by atoms with van der Waals surface area (Å²) in [6, 6.07) is 0.298. The average Bonchev–Trinajstić information content (AvgIpc) is 3.27. The Morgan fingerprint density at radius 2 is 2.00 bits per heavy atom. The van der Waals surface area contributed by atoms with Crippen molar-refractivity contribution in [1.29, 1.82) is 0 Å². The second-order valence-electron chi connectivity index (χ2n) is 7.90. The lowest BCUT2D eigenvalue weighted by Gasteiger charge is -2.32. The SMILES string of the molecule is O=C(O)C1CC2CCCCC2N1S(=O)(=O)c1cnc2onc(C3CC3)c2c1. The van der Waals surface area contributed by atoms with E-state index in [9.17, 15) is 18.3 Å². The lowest BCUT2D eigenvalue weighted by Crippen LogP contribution is -2.46. The maximum atomic E-state index is 13.4. The van der Waals surface area contributed by atoms with E-state index in [0.29, 0.717) is 29.9 Å². The van der Waals surface area contributed by atoms with Gasteiger partial charge in [-0.3, -0.25) is 4.79 Å². The standard InChI is InChI=1S/C18H21N3O5S/c22-18(23)15-7-11-3-1-2-4-14(11)21(15)27(24,25)12-8-13-16(10-5-6-10)20-26-17(13)19-9-12/h8-11,14-15H,1-7H2,(H,22,23). The van der Waals surface area contributed by atoms with Gasteiger partial charge in [-0.25, -0.2) is 13.4 Å². The third-order valence-corrected chi connectivity index (χ3v) is 8.09. The maximum Gasteiger partial charge on any atom is 0.322 e. The molecule has 2 saturated carbocycles. The van der Waals surface area contributed by atoms with Crippen LogP contribution < -0.4 is 0 Å². The van der Waals surface area contributed by atoms with Gasteiger partial charge in [0, 0.05) is 12.0 Å². The molecule has 3 heterocycles. The Labute approximate surface area is 156 Å². The zero-order valence-corrected chi connectivity index (χ0v) is 15.6. The van der Waals surface area contributed by atoms with Gasteiger partial charge in [0.1, 0.15) is 10.9 Å². The number of carboxylic acids is 1. The minimum atomic E-state index is -3.97. The molecule has 0 bridgehead atoms. The second kappa shape index (κ2) is 6.00. The van der Waals surface area contributed by atoms with E-state index in [1.807, 2.05) is 0 Å². The van der Waals surface area contributed by atoms with Gasteiger partial charge in [0.25, 0.3) is 5.71 Å². The van der Waals surface area contributed by atoms with E-state index in [1.54, 1.807) is 6.07 Å². The predicted octanol–water partition coefficient (Wildman–Crippen LogP) is 2.51. The number of pyridine rings is 1. The third-order valence-electron chi connectivity index (χ3n) is 6.19. The molecule has 3 unspecified atom stereocenters. The molecule has 8 nitrogen and oxygen atoms in total. The van der Waals surface area contributed by atoms with Gasteiger partial charge in [-0.05, 0) is 44.1 Å². The fraction of sp³-hybridized carbons (Fsp3) is 0.611. The summed E-state index contributed by atoms with van der Waals surface area (Å²) in [4.78, 5) is 16.0. The van der Waals surface area contributed by atoms with Crippen LogP contribution in [0.15, 0.2) is 21.7 Å². The minimum absolute atomic E-state index is 0.0255. The highest BCUT2D eigenvalue weighted by molar-refractivity contribution is 7.89. The highest BCUT2D eigenvalue weighted by Crippen LogP contribution is 2.44. The molecule has 144 valence electrons. The molecule has 3 atom stereocenters. The Hall–Kier alpha value is -2.00. The fourth-order valence-electron chi connectivity index (χ4n) is 4.72. The van der Waals surface area contributed by atoms with Gasteiger partial charge in [0.05, 0.1) is 17.3 Å². The number of hydrogen-bond acceptors (Lipinski definition) is 6. The largest absolute Gasteiger partial charge is 0.480 e. The summed E-state index contributed by atoms with van der Waals surface area (Å²) in [7, 11) is -3.97. The predicted molar refractivity (Wildman–Crippen MR) is 94.6 cm³/mol. The van der Waals surface area contributed by atoms with Crippen LogP contribution in [0.2, 0.25) is 0 Å². The third kappa shape index (κ3) is 2.67. The molecule has 0 radical (unpaired) electrons. The first kappa shape index (κ1) is 17.1. The van der Waals surface area contributed by atoms with Crippen LogP contribution in [0.3, 0.4) is 0 Å². The summed E-state index contributed by atoms with van der Waals surface area (Å²) >= 11 is 0. The van der Waals surface area contributed by atoms with E-state index in [2.05, 4.69) is 10.1 Å². The maximum absolute atomic E-state index is 13.4. The van der Waals surface area contributed by atoms with Gasteiger partial charge in [0.2, 0.25) is 10.0 Å². The van der Waals surface area contributed by atoms with Crippen molar-refractivity contribution in [3.05, 3.63) is 18.0 Å². The van der Waals surface area contributed by atoms with Crippen LogP contribution in [0.5, 0.6) is 0 Å². The Morgan fingerprint density at radius 3 is 2.74 bits per heavy atom. The van der Waals surface area contributed by atoms with Crippen molar-refractivity contribution in [2.45, 2.75) is 67.8 Å². The quantitative estimate of drug-likeness (QED) is 0.852. The first-order valence-corrected chi connectivity index (χ1v) is 10.9. The number of carboxylic acid groups (broad SMARTS) is 1. The van der Waals surface area contributed by atoms with Crippen molar-refractivity contribution in [2.75, 3.05) is 0 Å². The molecule has 0 spiro atoms. The molecule has 3 aliphatic rings. The number of hydrogen-bond donors (Lipinski definition) is 1. The van der Waals surface area contributed by atoms with Gasteiger partial charge in [-0.2, -0.15) is 4.31 Å². The molecule has 1 N–H and O–H groups in total. The highest BCUT2D eigenvalue weighted by atomic mass is 32.2. The van der Waals surface area contributed by atoms with Crippen LogP contribution in [0, 0.1) is 5.92 Å². The number of rotatable bonds is 4. The Morgan fingerprint density at radius 1 is 1.22 bits per heavy atom. The van der Waals surface area contributed by atoms with Gasteiger partial charge in [-0.15, -0.1) is 0 Å². The molecule has 9 heteroatoms.